The number of hydrogen-bond donors (Lipinski definition) is 1. The number of likely N-dealkylation sites (tertiary alicyclic amines) is 2. The highest BCUT2D eigenvalue weighted by molar-refractivity contribution is 5.92. The summed E-state index contributed by atoms with van der Waals surface area (Å²) in [4.78, 5) is 29.7. The minimum absolute atomic E-state index is 0.0350. The lowest BCUT2D eigenvalue weighted by atomic mass is 9.85. The number of carbonyl (C=O) groups excluding carboxylic acids is 2. The number of aromatic hydroxyl groups is 1. The Morgan fingerprint density at radius 3 is 2.77 bits per heavy atom. The van der Waals surface area contributed by atoms with Gasteiger partial charge in [0.1, 0.15) is 11.3 Å². The molecule has 6 nitrogen and oxygen atoms in total. The van der Waals surface area contributed by atoms with Gasteiger partial charge in [0, 0.05) is 33.2 Å². The van der Waals surface area contributed by atoms with Crippen molar-refractivity contribution in [1.29, 1.82) is 0 Å². The lowest BCUT2D eigenvalue weighted by Gasteiger charge is -2.44. The first-order valence-corrected chi connectivity index (χ1v) is 9.43. The average Bonchev–Trinajstić information content (AvgIpc) is 3.06. The molecular formula is C20H28N2O4. The van der Waals surface area contributed by atoms with Gasteiger partial charge in [0.05, 0.1) is 6.61 Å². The number of methoxy groups -OCH3 is 1. The summed E-state index contributed by atoms with van der Waals surface area (Å²) in [7, 11) is 1.64. The lowest BCUT2D eigenvalue weighted by Crippen LogP contribution is -2.61. The zero-order valence-corrected chi connectivity index (χ0v) is 15.4. The molecule has 0 radical (unpaired) electrons. The Kier molecular flexibility index (Phi) is 5.81. The van der Waals surface area contributed by atoms with Crippen LogP contribution in [0.4, 0.5) is 0 Å². The van der Waals surface area contributed by atoms with E-state index in [1.54, 1.807) is 25.3 Å². The Bertz CT molecular complexity index is 663. The molecule has 2 saturated heterocycles. The number of piperidine rings is 1. The van der Waals surface area contributed by atoms with Crippen LogP contribution in [-0.2, 0) is 20.7 Å². The van der Waals surface area contributed by atoms with Crippen LogP contribution in [0.1, 0.15) is 37.7 Å². The predicted molar refractivity (Wildman–Crippen MR) is 97.8 cm³/mol. The summed E-state index contributed by atoms with van der Waals surface area (Å²) < 4.78 is 5.12. The number of nitrogens with zero attached hydrogens (tertiary/aromatic N) is 2. The zero-order chi connectivity index (χ0) is 18.6. The second kappa shape index (κ2) is 8.08. The maximum Gasteiger partial charge on any atom is 0.248 e. The second-order valence-electron chi connectivity index (χ2n) is 7.24. The first-order valence-electron chi connectivity index (χ1n) is 9.43. The maximum absolute atomic E-state index is 13.1. The van der Waals surface area contributed by atoms with Gasteiger partial charge in [-0.2, -0.15) is 0 Å². The van der Waals surface area contributed by atoms with Gasteiger partial charge < -0.3 is 19.6 Å². The molecule has 2 aliphatic rings. The molecule has 6 heteroatoms. The minimum Gasteiger partial charge on any atom is -0.508 e. The van der Waals surface area contributed by atoms with Crippen LogP contribution >= 0.6 is 0 Å². The molecule has 142 valence electrons. The molecule has 1 aromatic carbocycles. The van der Waals surface area contributed by atoms with E-state index in [-0.39, 0.29) is 17.6 Å². The van der Waals surface area contributed by atoms with Gasteiger partial charge in [-0.3, -0.25) is 9.59 Å². The Morgan fingerprint density at radius 2 is 2.04 bits per heavy atom. The molecular weight excluding hydrogens is 332 g/mol. The SMILES string of the molecule is COCCN1CCCC2(CCCN2C(=O)CCc2cccc(O)c2)C1=O. The number of phenolic OH excluding ortho intramolecular Hbond substituents is 1. The smallest absolute Gasteiger partial charge is 0.248 e. The minimum atomic E-state index is -0.651. The summed E-state index contributed by atoms with van der Waals surface area (Å²) in [5, 5.41) is 9.57. The van der Waals surface area contributed by atoms with Crippen molar-refractivity contribution in [3.05, 3.63) is 29.8 Å². The van der Waals surface area contributed by atoms with Crippen molar-refractivity contribution in [2.75, 3.05) is 33.4 Å². The van der Waals surface area contributed by atoms with Gasteiger partial charge in [-0.15, -0.1) is 0 Å². The standard InChI is InChI=1S/C20H28N2O4/c1-26-14-13-21-11-3-9-20(19(21)25)10-4-12-22(20)18(24)8-7-16-5-2-6-17(23)15-16/h2,5-6,15,23H,3-4,7-14H2,1H3. The number of hydrogen-bond acceptors (Lipinski definition) is 4. The molecule has 26 heavy (non-hydrogen) atoms. The van der Waals surface area contributed by atoms with Gasteiger partial charge in [-0.1, -0.05) is 12.1 Å². The third kappa shape index (κ3) is 3.70. The number of benzene rings is 1. The monoisotopic (exact) mass is 360 g/mol. The van der Waals surface area contributed by atoms with Crippen molar-refractivity contribution < 1.29 is 19.4 Å². The van der Waals surface area contributed by atoms with E-state index in [1.165, 1.54) is 0 Å². The van der Waals surface area contributed by atoms with E-state index in [4.69, 9.17) is 4.74 Å². The highest BCUT2D eigenvalue weighted by Gasteiger charge is 2.52. The molecule has 0 aliphatic carbocycles. The molecule has 0 aromatic heterocycles. The van der Waals surface area contributed by atoms with Crippen LogP contribution in [-0.4, -0.2) is 65.6 Å². The summed E-state index contributed by atoms with van der Waals surface area (Å²) in [6.45, 7) is 2.51. The molecule has 1 unspecified atom stereocenters. The predicted octanol–water partition coefficient (Wildman–Crippen LogP) is 1.95. The lowest BCUT2D eigenvalue weighted by molar-refractivity contribution is -0.155. The summed E-state index contributed by atoms with van der Waals surface area (Å²) in [5.41, 5.74) is 0.283. The van der Waals surface area contributed by atoms with Crippen LogP contribution in [0, 0.1) is 0 Å². The van der Waals surface area contributed by atoms with Gasteiger partial charge in [0.25, 0.3) is 0 Å². The molecule has 1 atom stereocenters. The normalized spacial score (nSPS) is 23.0. The molecule has 0 saturated carbocycles. The maximum atomic E-state index is 13.1. The van der Waals surface area contributed by atoms with Crippen LogP contribution in [0.3, 0.4) is 0 Å². The zero-order valence-electron chi connectivity index (χ0n) is 15.4. The van der Waals surface area contributed by atoms with Gasteiger partial charge in [-0.05, 0) is 49.8 Å². The second-order valence-corrected chi connectivity index (χ2v) is 7.24. The average molecular weight is 360 g/mol. The summed E-state index contributed by atoms with van der Waals surface area (Å²) >= 11 is 0. The fourth-order valence-electron chi connectivity index (χ4n) is 4.30. The van der Waals surface area contributed by atoms with E-state index in [0.717, 1.165) is 37.8 Å². The first-order chi connectivity index (χ1) is 12.6. The first kappa shape index (κ1) is 18.7. The van der Waals surface area contributed by atoms with E-state index >= 15 is 0 Å². The number of amides is 2. The molecule has 0 bridgehead atoms. The Balaban J connectivity index is 1.68. The summed E-state index contributed by atoms with van der Waals surface area (Å²) in [5.74, 6) is 0.334. The third-order valence-corrected chi connectivity index (χ3v) is 5.60. The topological polar surface area (TPSA) is 70.1 Å². The number of rotatable bonds is 6. The van der Waals surface area contributed by atoms with Gasteiger partial charge in [-0.25, -0.2) is 0 Å². The largest absolute Gasteiger partial charge is 0.508 e. The van der Waals surface area contributed by atoms with Crippen LogP contribution in [0.25, 0.3) is 0 Å². The summed E-state index contributed by atoms with van der Waals surface area (Å²) in [6.07, 6.45) is 4.24. The van der Waals surface area contributed by atoms with E-state index in [0.29, 0.717) is 32.5 Å². The molecule has 1 spiro atoms. The number of aryl methyl sites for hydroxylation is 1. The molecule has 3 rings (SSSR count). The Labute approximate surface area is 154 Å². The molecule has 2 heterocycles. The highest BCUT2D eigenvalue weighted by atomic mass is 16.5. The van der Waals surface area contributed by atoms with Crippen molar-refractivity contribution in [2.45, 2.75) is 44.1 Å². The number of phenols is 1. The van der Waals surface area contributed by atoms with Crippen LogP contribution in [0.2, 0.25) is 0 Å². The van der Waals surface area contributed by atoms with Crippen molar-refractivity contribution in [3.63, 3.8) is 0 Å². The van der Waals surface area contributed by atoms with E-state index in [2.05, 4.69) is 0 Å². The Morgan fingerprint density at radius 1 is 1.27 bits per heavy atom. The van der Waals surface area contributed by atoms with Crippen LogP contribution < -0.4 is 0 Å². The highest BCUT2D eigenvalue weighted by Crippen LogP contribution is 2.38. The van der Waals surface area contributed by atoms with E-state index in [9.17, 15) is 14.7 Å². The van der Waals surface area contributed by atoms with Crippen molar-refractivity contribution in [1.82, 2.24) is 9.80 Å². The van der Waals surface area contributed by atoms with Gasteiger partial charge in [0.2, 0.25) is 11.8 Å². The molecule has 2 fully saturated rings. The van der Waals surface area contributed by atoms with E-state index in [1.807, 2.05) is 15.9 Å². The van der Waals surface area contributed by atoms with Gasteiger partial charge in [0.15, 0.2) is 0 Å². The third-order valence-electron chi connectivity index (χ3n) is 5.60. The van der Waals surface area contributed by atoms with Crippen LogP contribution in [0.5, 0.6) is 5.75 Å². The molecule has 2 amide bonds. The number of carbonyl (C=O) groups is 2. The molecule has 1 aromatic rings. The quantitative estimate of drug-likeness (QED) is 0.842. The van der Waals surface area contributed by atoms with Crippen LogP contribution in [0.15, 0.2) is 24.3 Å². The number of ether oxygens (including phenoxy) is 1. The van der Waals surface area contributed by atoms with Crippen molar-refractivity contribution >= 4 is 11.8 Å². The fourth-order valence-corrected chi connectivity index (χ4v) is 4.30. The summed E-state index contributed by atoms with van der Waals surface area (Å²) in [6, 6.07) is 7.00. The van der Waals surface area contributed by atoms with E-state index < -0.39 is 5.54 Å². The Hall–Kier alpha value is -2.08. The van der Waals surface area contributed by atoms with Gasteiger partial charge >= 0.3 is 0 Å². The molecule has 1 N–H and O–H groups in total. The molecule has 2 aliphatic heterocycles. The fraction of sp³-hybridized carbons (Fsp3) is 0.600. The van der Waals surface area contributed by atoms with Crippen molar-refractivity contribution in [3.8, 4) is 5.75 Å². The van der Waals surface area contributed by atoms with Crippen molar-refractivity contribution in [2.24, 2.45) is 0 Å².